The number of non-ortho nitro benzene ring substituents is 2. The smallest absolute Gasteiger partial charge is 0.269 e. The fourth-order valence-electron chi connectivity index (χ4n) is 3.85. The van der Waals surface area contributed by atoms with Crippen LogP contribution in [0.25, 0.3) is 0 Å². The maximum absolute atomic E-state index is 10.9. The zero-order valence-electron chi connectivity index (χ0n) is 22.8. The van der Waals surface area contributed by atoms with Gasteiger partial charge in [0.25, 0.3) is 11.4 Å². The normalized spacial score (nSPS) is 12.4. The molecule has 6 N–H and O–H groups in total. The number of anilines is 2. The molecule has 0 radical (unpaired) electrons. The number of amidine groups is 2. The summed E-state index contributed by atoms with van der Waals surface area (Å²) in [5, 5.41) is 77.9. The average Bonchev–Trinajstić information content (AvgIpc) is 3.06. The topological polar surface area (TPSA) is 250 Å². The highest BCUT2D eigenvalue weighted by atomic mass is 16.6. The van der Waals surface area contributed by atoms with Crippen LogP contribution in [0.4, 0.5) is 22.7 Å². The van der Waals surface area contributed by atoms with Crippen molar-refractivity contribution < 1.29 is 35.4 Å². The van der Waals surface area contributed by atoms with Crippen LogP contribution in [0.1, 0.15) is 11.1 Å². The summed E-state index contributed by atoms with van der Waals surface area (Å²) >= 11 is 0. The molecule has 0 saturated carbocycles. The number of hydrogen-bond donors (Lipinski definition) is 6. The monoisotopic (exact) mass is 614 g/mol. The van der Waals surface area contributed by atoms with Crippen LogP contribution >= 0.6 is 0 Å². The lowest BCUT2D eigenvalue weighted by atomic mass is 10.1. The van der Waals surface area contributed by atoms with Gasteiger partial charge in [-0.05, 0) is 72.8 Å². The van der Waals surface area contributed by atoms with Crippen LogP contribution in [-0.4, -0.2) is 53.8 Å². The summed E-state index contributed by atoms with van der Waals surface area (Å²) in [7, 11) is 0. The van der Waals surface area contributed by atoms with E-state index in [0.29, 0.717) is 22.9 Å². The van der Waals surface area contributed by atoms with Crippen molar-refractivity contribution in [1.29, 1.82) is 0 Å². The molecule has 0 bridgehead atoms. The molecule has 0 aliphatic carbocycles. The van der Waals surface area contributed by atoms with Crippen molar-refractivity contribution in [3.63, 3.8) is 0 Å². The van der Waals surface area contributed by atoms with Gasteiger partial charge in [0.1, 0.15) is 11.5 Å². The van der Waals surface area contributed by atoms with Crippen molar-refractivity contribution in [2.24, 2.45) is 20.6 Å². The molecular formula is C28H22N8O9. The van der Waals surface area contributed by atoms with Crippen LogP contribution in [0.2, 0.25) is 0 Å². The summed E-state index contributed by atoms with van der Waals surface area (Å²) in [6.07, 6.45) is 0. The quantitative estimate of drug-likeness (QED) is 0.0430. The van der Waals surface area contributed by atoms with Crippen LogP contribution in [0.3, 0.4) is 0 Å². The Morgan fingerprint density at radius 2 is 0.867 bits per heavy atom. The van der Waals surface area contributed by atoms with Crippen LogP contribution in [0.15, 0.2) is 118 Å². The highest BCUT2D eigenvalue weighted by molar-refractivity contribution is 6.51. The van der Waals surface area contributed by atoms with E-state index in [9.17, 15) is 41.1 Å². The Morgan fingerprint density at radius 1 is 0.533 bits per heavy atom. The number of hydrogen-bond acceptors (Lipinski definition) is 13. The zero-order valence-corrected chi connectivity index (χ0v) is 22.8. The molecule has 17 heteroatoms. The molecule has 45 heavy (non-hydrogen) atoms. The number of ether oxygens (including phenoxy) is 1. The van der Waals surface area contributed by atoms with Crippen molar-refractivity contribution in [3.05, 3.63) is 128 Å². The number of rotatable bonds is 10. The van der Waals surface area contributed by atoms with Crippen molar-refractivity contribution >= 4 is 45.8 Å². The van der Waals surface area contributed by atoms with Gasteiger partial charge >= 0.3 is 0 Å². The van der Waals surface area contributed by atoms with E-state index < -0.39 is 9.85 Å². The lowest BCUT2D eigenvalue weighted by Gasteiger charge is -2.12. The van der Waals surface area contributed by atoms with Gasteiger partial charge in [0, 0.05) is 46.8 Å². The number of nitro groups is 2. The van der Waals surface area contributed by atoms with E-state index in [-0.39, 0.29) is 45.6 Å². The zero-order chi connectivity index (χ0) is 32.3. The molecule has 0 fully saturated rings. The summed E-state index contributed by atoms with van der Waals surface area (Å²) in [6.45, 7) is 0. The van der Waals surface area contributed by atoms with Gasteiger partial charge in [0.2, 0.25) is 0 Å². The first-order valence-electron chi connectivity index (χ1n) is 12.6. The summed E-state index contributed by atoms with van der Waals surface area (Å²) in [5.74, 6) is 0.412. The van der Waals surface area contributed by atoms with E-state index in [0.717, 1.165) is 0 Å². The molecule has 0 unspecified atom stereocenters. The Hall–Kier alpha value is -7.04. The molecule has 4 aromatic carbocycles. The SMILES string of the molecule is O=[N+]([O-])c1ccc(C(=N\O)/C(=N/O)Nc2ccc(Oc3ccc(NC(=N/O)/C(=N/O)c4ccc([N+](=O)[O-])cc4)cc3)cc2)cc1. The maximum atomic E-state index is 10.9. The van der Waals surface area contributed by atoms with Gasteiger partial charge in [-0.3, -0.25) is 20.2 Å². The molecule has 0 aromatic heterocycles. The molecule has 0 spiro atoms. The van der Waals surface area contributed by atoms with Crippen LogP contribution in [0.5, 0.6) is 11.5 Å². The highest BCUT2D eigenvalue weighted by Gasteiger charge is 2.17. The van der Waals surface area contributed by atoms with Gasteiger partial charge in [-0.2, -0.15) is 0 Å². The fourth-order valence-corrected chi connectivity index (χ4v) is 3.85. The largest absolute Gasteiger partial charge is 0.457 e. The Morgan fingerprint density at radius 3 is 1.13 bits per heavy atom. The van der Waals surface area contributed by atoms with Crippen LogP contribution in [0, 0.1) is 20.2 Å². The van der Waals surface area contributed by atoms with E-state index in [1.165, 1.54) is 48.5 Å². The minimum Gasteiger partial charge on any atom is -0.457 e. The van der Waals surface area contributed by atoms with E-state index in [1.54, 1.807) is 48.5 Å². The van der Waals surface area contributed by atoms with Gasteiger partial charge in [0.15, 0.2) is 23.1 Å². The molecule has 0 aliphatic rings. The predicted molar refractivity (Wildman–Crippen MR) is 161 cm³/mol. The maximum Gasteiger partial charge on any atom is 0.269 e. The molecule has 0 atom stereocenters. The molecule has 0 aliphatic heterocycles. The average molecular weight is 615 g/mol. The first-order valence-corrected chi connectivity index (χ1v) is 12.6. The molecule has 0 heterocycles. The second-order valence-electron chi connectivity index (χ2n) is 8.80. The Bertz CT molecular complexity index is 1660. The van der Waals surface area contributed by atoms with Crippen LogP contribution in [-0.2, 0) is 0 Å². The third kappa shape index (κ3) is 7.63. The first kappa shape index (κ1) is 30.9. The number of nitrogens with zero attached hydrogens (tertiary/aromatic N) is 6. The second kappa shape index (κ2) is 14.2. The Balaban J connectivity index is 1.39. The highest BCUT2D eigenvalue weighted by Crippen LogP contribution is 2.25. The third-order valence-corrected chi connectivity index (χ3v) is 6.02. The van der Waals surface area contributed by atoms with Crippen molar-refractivity contribution in [1.82, 2.24) is 0 Å². The molecule has 0 saturated heterocycles. The minimum absolute atomic E-state index is 0.165. The Labute approximate surface area is 252 Å². The third-order valence-electron chi connectivity index (χ3n) is 6.02. The molecule has 4 aromatic rings. The van der Waals surface area contributed by atoms with E-state index in [1.807, 2.05) is 0 Å². The van der Waals surface area contributed by atoms with E-state index in [4.69, 9.17) is 4.74 Å². The Kier molecular flexibility index (Phi) is 9.77. The van der Waals surface area contributed by atoms with E-state index >= 15 is 0 Å². The standard InChI is InChI=1S/C28H22N8O9/c37-31-25(17-1-9-21(10-2-17)35(41)42)27(33-39)29-19-5-13-23(14-6-19)45-24-15-7-20(8-16-24)30-28(34-40)26(32-38)18-3-11-22(12-4-18)36(43)44/h1-16,37-40H,(H,29,33)(H,30,34)/b31-25+,32-26+. The first-order chi connectivity index (χ1) is 21.8. The van der Waals surface area contributed by atoms with E-state index in [2.05, 4.69) is 31.3 Å². The van der Waals surface area contributed by atoms with Crippen molar-refractivity contribution in [2.75, 3.05) is 10.6 Å². The molecule has 0 amide bonds. The van der Waals surface area contributed by atoms with Gasteiger partial charge in [-0.25, -0.2) is 0 Å². The lowest BCUT2D eigenvalue weighted by molar-refractivity contribution is -0.385. The van der Waals surface area contributed by atoms with Crippen molar-refractivity contribution in [3.8, 4) is 11.5 Å². The number of oxime groups is 4. The van der Waals surface area contributed by atoms with Gasteiger partial charge < -0.3 is 36.2 Å². The fraction of sp³-hybridized carbons (Fsp3) is 0. The van der Waals surface area contributed by atoms with Crippen molar-refractivity contribution in [2.45, 2.75) is 0 Å². The minimum atomic E-state index is -0.578. The molecule has 17 nitrogen and oxygen atoms in total. The molecular weight excluding hydrogens is 592 g/mol. The summed E-state index contributed by atoms with van der Waals surface area (Å²) < 4.78 is 5.84. The summed E-state index contributed by atoms with van der Waals surface area (Å²) in [4.78, 5) is 20.6. The number of nitrogens with one attached hydrogen (secondary N) is 2. The van der Waals surface area contributed by atoms with Gasteiger partial charge in [0.05, 0.1) is 9.85 Å². The number of benzene rings is 4. The molecule has 228 valence electrons. The van der Waals surface area contributed by atoms with Gasteiger partial charge in [-0.1, -0.05) is 20.6 Å². The van der Waals surface area contributed by atoms with Crippen LogP contribution < -0.4 is 15.4 Å². The lowest BCUT2D eigenvalue weighted by Crippen LogP contribution is -2.24. The number of nitro benzene ring substituents is 2. The predicted octanol–water partition coefficient (Wildman–Crippen LogP) is 5.45. The summed E-state index contributed by atoms with van der Waals surface area (Å²) in [5.41, 5.74) is 0.714. The summed E-state index contributed by atoms with van der Waals surface area (Å²) in [6, 6.07) is 23.0. The second-order valence-corrected chi connectivity index (χ2v) is 8.80. The molecule has 4 rings (SSSR count). The van der Waals surface area contributed by atoms with Gasteiger partial charge in [-0.15, -0.1) is 0 Å².